The molecule has 0 spiro atoms. The van der Waals surface area contributed by atoms with Crippen molar-refractivity contribution in [3.63, 3.8) is 0 Å². The molecule has 0 amide bonds. The molecule has 1 unspecified atom stereocenters. The van der Waals surface area contributed by atoms with Gasteiger partial charge in [-0.2, -0.15) is 8.78 Å². The van der Waals surface area contributed by atoms with Crippen LogP contribution >= 0.6 is 0 Å². The summed E-state index contributed by atoms with van der Waals surface area (Å²) in [5, 5.41) is 15.7. The molecule has 2 aromatic rings. The predicted octanol–water partition coefficient (Wildman–Crippen LogP) is 5.00. The second-order valence-electron chi connectivity index (χ2n) is 10.5. The van der Waals surface area contributed by atoms with E-state index >= 15 is 0 Å². The van der Waals surface area contributed by atoms with Crippen LogP contribution < -0.4 is 15.4 Å². The Bertz CT molecular complexity index is 1440. The molecule has 5 rings (SSSR count). The van der Waals surface area contributed by atoms with Crippen molar-refractivity contribution in [2.24, 2.45) is 0 Å². The second-order valence-corrected chi connectivity index (χ2v) is 12.8. The van der Waals surface area contributed by atoms with E-state index in [4.69, 9.17) is 9.84 Å². The van der Waals surface area contributed by atoms with Crippen LogP contribution in [0.5, 0.6) is 5.75 Å². The van der Waals surface area contributed by atoms with Crippen LogP contribution in [-0.2, 0) is 9.84 Å². The summed E-state index contributed by atoms with van der Waals surface area (Å²) in [6.45, 7) is 5.02. The normalized spacial score (nSPS) is 20.5. The van der Waals surface area contributed by atoms with Crippen molar-refractivity contribution in [1.29, 1.82) is 0 Å². The number of dihydropyridines is 1. The minimum atomic E-state index is -3.37. The van der Waals surface area contributed by atoms with Gasteiger partial charge in [0.05, 0.1) is 35.5 Å². The highest BCUT2D eigenvalue weighted by Crippen LogP contribution is 2.51. The number of allylic oxidation sites excluding steroid dienone is 2. The molecule has 0 bridgehead atoms. The fourth-order valence-electron chi connectivity index (χ4n) is 5.30. The topological polar surface area (TPSA) is 90.9 Å². The lowest BCUT2D eigenvalue weighted by Crippen LogP contribution is -2.45. The molecule has 1 fully saturated rings. The molecule has 0 radical (unpaired) electrons. The van der Waals surface area contributed by atoms with Crippen LogP contribution in [0.25, 0.3) is 16.7 Å². The van der Waals surface area contributed by atoms with E-state index in [0.717, 1.165) is 32.7 Å². The molecule has 0 saturated heterocycles. The Morgan fingerprint density at radius 2 is 2.00 bits per heavy atom. The maximum atomic E-state index is 14.7. The molecular formula is C29H35F2N3O4S. The van der Waals surface area contributed by atoms with Gasteiger partial charge in [0.2, 0.25) is 0 Å². The molecular weight excluding hydrogens is 524 g/mol. The van der Waals surface area contributed by atoms with Crippen LogP contribution in [0, 0.1) is 0 Å². The minimum absolute atomic E-state index is 0.110. The van der Waals surface area contributed by atoms with E-state index in [0.29, 0.717) is 29.2 Å². The smallest absolute Gasteiger partial charge is 0.308 e. The van der Waals surface area contributed by atoms with Crippen LogP contribution in [-0.4, -0.2) is 61.7 Å². The zero-order valence-electron chi connectivity index (χ0n) is 22.4. The van der Waals surface area contributed by atoms with Crippen LogP contribution in [0.2, 0.25) is 0 Å². The number of aliphatic hydroxyl groups excluding tert-OH is 1. The summed E-state index contributed by atoms with van der Waals surface area (Å²) < 4.78 is 61.3. The molecule has 1 saturated carbocycles. The van der Waals surface area contributed by atoms with E-state index in [1.165, 1.54) is 0 Å². The lowest BCUT2D eigenvalue weighted by molar-refractivity contribution is -0.157. The number of fused-ring (bicyclic) bond motifs is 3. The van der Waals surface area contributed by atoms with E-state index in [1.807, 2.05) is 32.2 Å². The van der Waals surface area contributed by atoms with Crippen molar-refractivity contribution in [1.82, 2.24) is 10.2 Å². The standard InChI is InChI=1S/C29H35F2N3O4S/c1-4-34(13-14-35)29(30,31)12-15-38-25-11-10-23(20-6-5-7-22(17-20)39(36,37)21-8-9-21)26-24-16-19(2)18-32-28(24,3)33-27(25)26/h5-7,10-11,16-18,21,32-33,35H,4,8-9,12-15H2,1-3H3. The lowest BCUT2D eigenvalue weighted by atomic mass is 9.88. The van der Waals surface area contributed by atoms with Crippen molar-refractivity contribution >= 4 is 21.1 Å². The number of alkyl halides is 2. The molecule has 1 aliphatic carbocycles. The van der Waals surface area contributed by atoms with Crippen molar-refractivity contribution in [3.8, 4) is 16.9 Å². The number of rotatable bonds is 11. The number of benzene rings is 2. The maximum absolute atomic E-state index is 14.7. The molecule has 7 nitrogen and oxygen atoms in total. The quantitative estimate of drug-likeness (QED) is 0.334. The number of hydrogen-bond donors (Lipinski definition) is 3. The van der Waals surface area contributed by atoms with Crippen LogP contribution in [0.1, 0.15) is 45.6 Å². The molecule has 0 aromatic heterocycles. The van der Waals surface area contributed by atoms with Gasteiger partial charge < -0.3 is 20.5 Å². The summed E-state index contributed by atoms with van der Waals surface area (Å²) in [5.74, 6) is 0.437. The Labute approximate surface area is 228 Å². The van der Waals surface area contributed by atoms with Crippen LogP contribution in [0.4, 0.5) is 14.5 Å². The zero-order chi connectivity index (χ0) is 28.0. The molecule has 1 atom stereocenters. The highest BCUT2D eigenvalue weighted by atomic mass is 32.2. The Morgan fingerprint density at radius 3 is 2.69 bits per heavy atom. The summed E-state index contributed by atoms with van der Waals surface area (Å²) >= 11 is 0. The number of ether oxygens (including phenoxy) is 1. The Hall–Kier alpha value is -2.95. The number of nitrogens with zero attached hydrogens (tertiary/aromatic N) is 1. The monoisotopic (exact) mass is 559 g/mol. The van der Waals surface area contributed by atoms with Crippen molar-refractivity contribution in [3.05, 3.63) is 59.8 Å². The summed E-state index contributed by atoms with van der Waals surface area (Å²) in [4.78, 5) is 1.24. The van der Waals surface area contributed by atoms with Crippen molar-refractivity contribution in [2.75, 3.05) is 31.6 Å². The molecule has 2 aromatic carbocycles. The highest BCUT2D eigenvalue weighted by molar-refractivity contribution is 7.92. The average molecular weight is 560 g/mol. The Balaban J connectivity index is 1.51. The van der Waals surface area contributed by atoms with Gasteiger partial charge in [0.15, 0.2) is 9.84 Å². The summed E-state index contributed by atoms with van der Waals surface area (Å²) in [7, 11) is -3.37. The first kappa shape index (κ1) is 27.6. The maximum Gasteiger partial charge on any atom is 0.308 e. The number of likely N-dealkylation sites (N-methyl/N-ethyl adjacent to an activating group) is 1. The fourth-order valence-corrected chi connectivity index (χ4v) is 7.00. The first-order valence-electron chi connectivity index (χ1n) is 13.3. The average Bonchev–Trinajstić information content (AvgIpc) is 3.72. The van der Waals surface area contributed by atoms with E-state index in [1.54, 1.807) is 31.2 Å². The van der Waals surface area contributed by atoms with Gasteiger partial charge in [-0.15, -0.1) is 0 Å². The van der Waals surface area contributed by atoms with E-state index in [-0.39, 0.29) is 31.6 Å². The van der Waals surface area contributed by atoms with Crippen LogP contribution in [0.15, 0.2) is 59.1 Å². The first-order valence-corrected chi connectivity index (χ1v) is 14.9. The number of aliphatic hydroxyl groups is 1. The van der Waals surface area contributed by atoms with Crippen molar-refractivity contribution in [2.45, 2.75) is 61.9 Å². The van der Waals surface area contributed by atoms with Gasteiger partial charge >= 0.3 is 6.05 Å². The van der Waals surface area contributed by atoms with Crippen LogP contribution in [0.3, 0.4) is 0 Å². The second kappa shape index (κ2) is 10.2. The third kappa shape index (κ3) is 5.17. The van der Waals surface area contributed by atoms with Gasteiger partial charge in [0.25, 0.3) is 0 Å². The molecule has 39 heavy (non-hydrogen) atoms. The van der Waals surface area contributed by atoms with E-state index in [9.17, 15) is 17.2 Å². The van der Waals surface area contributed by atoms with E-state index < -0.39 is 28.0 Å². The molecule has 3 aliphatic rings. The summed E-state index contributed by atoms with van der Waals surface area (Å²) in [5.41, 5.74) is 4.41. The Morgan fingerprint density at radius 1 is 1.23 bits per heavy atom. The predicted molar refractivity (Wildman–Crippen MR) is 148 cm³/mol. The third-order valence-electron chi connectivity index (χ3n) is 7.62. The molecule has 210 valence electrons. The van der Waals surface area contributed by atoms with Gasteiger partial charge in [-0.05, 0) is 73.7 Å². The summed E-state index contributed by atoms with van der Waals surface area (Å²) in [6.07, 6.45) is 4.82. The van der Waals surface area contributed by atoms with Gasteiger partial charge in [0, 0.05) is 30.4 Å². The lowest BCUT2D eigenvalue weighted by Gasteiger charge is -2.31. The summed E-state index contributed by atoms with van der Waals surface area (Å²) in [6, 6.07) is 7.50. The first-order chi connectivity index (χ1) is 18.5. The minimum Gasteiger partial charge on any atom is -0.491 e. The van der Waals surface area contributed by atoms with Gasteiger partial charge in [-0.3, -0.25) is 0 Å². The number of nitrogens with one attached hydrogen (secondary N) is 2. The number of sulfone groups is 1. The number of anilines is 1. The Kier molecular flexibility index (Phi) is 7.24. The number of halogens is 2. The van der Waals surface area contributed by atoms with E-state index in [2.05, 4.69) is 16.7 Å². The van der Waals surface area contributed by atoms with Gasteiger partial charge in [0.1, 0.15) is 11.4 Å². The molecule has 2 heterocycles. The largest absolute Gasteiger partial charge is 0.491 e. The third-order valence-corrected chi connectivity index (χ3v) is 9.88. The van der Waals surface area contributed by atoms with Crippen molar-refractivity contribution < 1.29 is 27.0 Å². The van der Waals surface area contributed by atoms with Gasteiger partial charge in [-0.25, -0.2) is 13.3 Å². The zero-order valence-corrected chi connectivity index (χ0v) is 23.2. The molecule has 2 aliphatic heterocycles. The molecule has 3 N–H and O–H groups in total. The number of hydrogen-bond acceptors (Lipinski definition) is 7. The highest BCUT2D eigenvalue weighted by Gasteiger charge is 2.42. The fraction of sp³-hybridized carbons (Fsp3) is 0.448. The van der Waals surface area contributed by atoms with Gasteiger partial charge in [-0.1, -0.05) is 19.1 Å². The molecule has 10 heteroatoms. The SMILES string of the molecule is CCN(CCO)C(F)(F)CCOc1ccc(-c2cccc(S(=O)(=O)C3CC3)c2)c2c1NC1(C)NC=C(C)C=C21.